The smallest absolute Gasteiger partial charge is 0.229 e. The van der Waals surface area contributed by atoms with E-state index in [0.717, 1.165) is 0 Å². The van der Waals surface area contributed by atoms with Crippen LogP contribution in [0, 0.1) is 0 Å². The second-order valence-electron chi connectivity index (χ2n) is 10.9. The Balaban J connectivity index is 1.41. The van der Waals surface area contributed by atoms with Crippen LogP contribution >= 0.6 is 0 Å². The van der Waals surface area contributed by atoms with Gasteiger partial charge in [0.2, 0.25) is 6.29 Å². The molecule has 3 heterocycles. The molecular formula is C30H36O16. The number of aliphatic hydroxyl groups excluding tert-OH is 7. The van der Waals surface area contributed by atoms with Crippen LogP contribution in [0.2, 0.25) is 0 Å². The monoisotopic (exact) mass is 652 g/mol. The molecule has 5 rings (SSSR count). The molecule has 0 saturated carbocycles. The lowest BCUT2D eigenvalue weighted by atomic mass is 9.98. The van der Waals surface area contributed by atoms with Crippen molar-refractivity contribution in [1.82, 2.24) is 0 Å². The highest BCUT2D eigenvalue weighted by atomic mass is 16.7. The van der Waals surface area contributed by atoms with Crippen LogP contribution in [0.1, 0.15) is 6.92 Å². The standard InChI is InChI=1S/C30H36O16/c1-12-23(34)25(36)27(38)29(43-12)42-11-21-24(35)26(37)28(39)30(46-21)44-14-8-19(41-6-5-31)22-16(33)10-18(45-20(22)9-14)13-3-4-17(40-2)15(32)7-13/h3-4,7-10,12,21,23-32,34-39H,5-6,11H2,1-2H3/t12-,21+,23-,24+,25+,26-,27+,28+,29+,30+/m0/s1. The zero-order valence-corrected chi connectivity index (χ0v) is 24.7. The van der Waals surface area contributed by atoms with Crippen molar-refractivity contribution in [3.05, 3.63) is 46.6 Å². The fourth-order valence-corrected chi connectivity index (χ4v) is 5.18. The first-order chi connectivity index (χ1) is 21.9. The highest BCUT2D eigenvalue weighted by Gasteiger charge is 2.47. The average molecular weight is 653 g/mol. The molecule has 46 heavy (non-hydrogen) atoms. The Kier molecular flexibility index (Phi) is 10.3. The Morgan fingerprint density at radius 2 is 1.54 bits per heavy atom. The van der Waals surface area contributed by atoms with Crippen molar-refractivity contribution in [3.63, 3.8) is 0 Å². The van der Waals surface area contributed by atoms with E-state index in [1.165, 1.54) is 44.4 Å². The Morgan fingerprint density at radius 3 is 2.24 bits per heavy atom. The summed E-state index contributed by atoms with van der Waals surface area (Å²) in [6, 6.07) is 8.17. The number of ether oxygens (including phenoxy) is 6. The van der Waals surface area contributed by atoms with Crippen molar-refractivity contribution in [2.24, 2.45) is 0 Å². The van der Waals surface area contributed by atoms with Gasteiger partial charge in [-0.15, -0.1) is 0 Å². The summed E-state index contributed by atoms with van der Waals surface area (Å²) in [7, 11) is 1.38. The van der Waals surface area contributed by atoms with Gasteiger partial charge in [-0.1, -0.05) is 0 Å². The lowest BCUT2D eigenvalue weighted by Gasteiger charge is -2.42. The van der Waals surface area contributed by atoms with Gasteiger partial charge in [-0.05, 0) is 25.1 Å². The Bertz CT molecular complexity index is 1560. The molecule has 2 aliphatic heterocycles. The van der Waals surface area contributed by atoms with Gasteiger partial charge >= 0.3 is 0 Å². The third kappa shape index (κ3) is 6.77. The summed E-state index contributed by atoms with van der Waals surface area (Å²) in [4.78, 5) is 13.2. The number of rotatable bonds is 10. The normalized spacial score (nSPS) is 31.5. The molecule has 2 aromatic carbocycles. The Labute approximate surface area is 261 Å². The average Bonchev–Trinajstić information content (AvgIpc) is 3.04. The number of fused-ring (bicyclic) bond motifs is 1. The predicted molar refractivity (Wildman–Crippen MR) is 154 cm³/mol. The van der Waals surface area contributed by atoms with Gasteiger partial charge in [0.25, 0.3) is 0 Å². The fourth-order valence-electron chi connectivity index (χ4n) is 5.18. The van der Waals surface area contributed by atoms with Gasteiger partial charge in [-0.25, -0.2) is 0 Å². The molecule has 252 valence electrons. The van der Waals surface area contributed by atoms with E-state index in [4.69, 9.17) is 32.8 Å². The summed E-state index contributed by atoms with van der Waals surface area (Å²) in [6.45, 7) is 0.377. The van der Waals surface area contributed by atoms with E-state index in [9.17, 15) is 45.6 Å². The largest absolute Gasteiger partial charge is 0.504 e. The predicted octanol–water partition coefficient (Wildman–Crippen LogP) is -1.42. The zero-order chi connectivity index (χ0) is 33.3. The van der Waals surface area contributed by atoms with Crippen molar-refractivity contribution >= 4 is 11.0 Å². The van der Waals surface area contributed by atoms with Crippen molar-refractivity contribution < 1.29 is 73.7 Å². The summed E-state index contributed by atoms with van der Waals surface area (Å²) in [5.41, 5.74) is -0.210. The molecule has 1 aromatic heterocycles. The molecule has 16 heteroatoms. The second-order valence-corrected chi connectivity index (χ2v) is 10.9. The van der Waals surface area contributed by atoms with E-state index in [1.807, 2.05) is 0 Å². The molecular weight excluding hydrogens is 616 g/mol. The van der Waals surface area contributed by atoms with E-state index in [0.29, 0.717) is 5.56 Å². The van der Waals surface area contributed by atoms with E-state index in [1.54, 1.807) is 6.07 Å². The summed E-state index contributed by atoms with van der Waals surface area (Å²) >= 11 is 0. The number of aliphatic hydroxyl groups is 7. The molecule has 2 fully saturated rings. The topological polar surface area (TPSA) is 247 Å². The first-order valence-electron chi connectivity index (χ1n) is 14.3. The highest BCUT2D eigenvalue weighted by Crippen LogP contribution is 2.36. The fraction of sp³-hybridized carbons (Fsp3) is 0.500. The molecule has 0 radical (unpaired) electrons. The number of phenolic OH excluding ortho intramolecular Hbond substituents is 1. The zero-order valence-electron chi connectivity index (χ0n) is 24.7. The van der Waals surface area contributed by atoms with E-state index >= 15 is 0 Å². The first-order valence-corrected chi connectivity index (χ1v) is 14.3. The summed E-state index contributed by atoms with van der Waals surface area (Å²) in [5.74, 6) is -0.0179. The number of methoxy groups -OCH3 is 1. The molecule has 0 aliphatic carbocycles. The van der Waals surface area contributed by atoms with Gasteiger partial charge in [-0.2, -0.15) is 0 Å². The van der Waals surface area contributed by atoms with E-state index in [2.05, 4.69) is 0 Å². The molecule has 2 saturated heterocycles. The maximum atomic E-state index is 13.2. The minimum absolute atomic E-state index is 0.00158. The van der Waals surface area contributed by atoms with Crippen LogP contribution in [-0.4, -0.2) is 129 Å². The molecule has 0 spiro atoms. The maximum Gasteiger partial charge on any atom is 0.229 e. The molecule has 0 amide bonds. The molecule has 16 nitrogen and oxygen atoms in total. The van der Waals surface area contributed by atoms with Crippen molar-refractivity contribution in [3.8, 4) is 34.3 Å². The SMILES string of the molecule is COc1ccc(-c2cc(=O)c3c(OCCO)cc(O[C@@H]4O[C@H](CO[C@@H]5O[C@@H](C)[C@H](O)[C@@H](O)[C@H]5O)[C@@H](O)[C@H](O)[C@H]4O)cc3o2)cc1O. The number of benzene rings is 2. The Hall–Kier alpha value is -3.55. The molecule has 0 unspecified atom stereocenters. The van der Waals surface area contributed by atoms with Crippen molar-refractivity contribution in [1.29, 1.82) is 0 Å². The minimum Gasteiger partial charge on any atom is -0.504 e. The van der Waals surface area contributed by atoms with E-state index in [-0.39, 0.29) is 52.9 Å². The molecule has 8 N–H and O–H groups in total. The van der Waals surface area contributed by atoms with Crippen LogP contribution in [0.15, 0.2) is 45.6 Å². The molecule has 2 aliphatic rings. The van der Waals surface area contributed by atoms with Gasteiger partial charge in [0, 0.05) is 23.8 Å². The highest BCUT2D eigenvalue weighted by molar-refractivity contribution is 5.86. The third-order valence-electron chi connectivity index (χ3n) is 7.73. The maximum absolute atomic E-state index is 13.2. The lowest BCUT2D eigenvalue weighted by Crippen LogP contribution is -2.61. The van der Waals surface area contributed by atoms with Crippen LogP contribution in [0.4, 0.5) is 0 Å². The van der Waals surface area contributed by atoms with Crippen LogP contribution in [0.5, 0.6) is 23.0 Å². The molecule has 3 aromatic rings. The minimum atomic E-state index is -1.78. The van der Waals surface area contributed by atoms with Crippen molar-refractivity contribution in [2.45, 2.75) is 68.3 Å². The quantitative estimate of drug-likeness (QED) is 0.125. The van der Waals surface area contributed by atoms with Gasteiger partial charge in [0.05, 0.1) is 26.4 Å². The summed E-state index contributed by atoms with van der Waals surface area (Å²) in [5, 5.41) is 81.5. The van der Waals surface area contributed by atoms with Gasteiger partial charge in [0.15, 0.2) is 23.2 Å². The molecule has 10 atom stereocenters. The summed E-state index contributed by atoms with van der Waals surface area (Å²) in [6.07, 6.45) is -15.1. The van der Waals surface area contributed by atoms with Crippen LogP contribution in [-0.2, 0) is 14.2 Å². The lowest BCUT2D eigenvalue weighted by molar-refractivity contribution is -0.318. The third-order valence-corrected chi connectivity index (χ3v) is 7.73. The van der Waals surface area contributed by atoms with E-state index < -0.39 is 73.4 Å². The number of hydrogen-bond acceptors (Lipinski definition) is 16. The number of hydrogen-bond donors (Lipinski definition) is 8. The summed E-state index contributed by atoms with van der Waals surface area (Å²) < 4.78 is 39.0. The van der Waals surface area contributed by atoms with Crippen LogP contribution in [0.3, 0.4) is 0 Å². The Morgan fingerprint density at radius 1 is 0.826 bits per heavy atom. The van der Waals surface area contributed by atoms with Crippen LogP contribution in [0.25, 0.3) is 22.3 Å². The second kappa shape index (κ2) is 14.1. The van der Waals surface area contributed by atoms with Crippen molar-refractivity contribution in [2.75, 3.05) is 26.9 Å². The number of aromatic hydroxyl groups is 1. The number of phenols is 1. The van der Waals surface area contributed by atoms with Gasteiger partial charge in [0.1, 0.15) is 77.6 Å². The first kappa shape index (κ1) is 33.8. The van der Waals surface area contributed by atoms with Crippen LogP contribution < -0.4 is 19.6 Å². The molecule has 0 bridgehead atoms. The van der Waals surface area contributed by atoms with Gasteiger partial charge < -0.3 is 73.7 Å². The van der Waals surface area contributed by atoms with Gasteiger partial charge in [-0.3, -0.25) is 4.79 Å².